The Labute approximate surface area is 56.4 Å². The molecule has 2 heteroatoms. The van der Waals surface area contributed by atoms with E-state index < -0.39 is 0 Å². The molecule has 1 atom stereocenters. The van der Waals surface area contributed by atoms with Gasteiger partial charge in [-0.15, -0.1) is 0 Å². The van der Waals surface area contributed by atoms with Crippen LogP contribution >= 0.6 is 0 Å². The van der Waals surface area contributed by atoms with Crippen molar-refractivity contribution < 1.29 is 4.74 Å². The van der Waals surface area contributed by atoms with Gasteiger partial charge in [-0.3, -0.25) is 0 Å². The molecular formula is C7H15NO. The Hall–Kier alpha value is -0.0800. The van der Waals surface area contributed by atoms with Crippen molar-refractivity contribution in [3.63, 3.8) is 0 Å². The molecule has 1 aliphatic rings. The summed E-state index contributed by atoms with van der Waals surface area (Å²) >= 11 is 0. The standard InChI is InChI=1S/C7H15NO/c1-7(2)3-4-9-6(7)5-8/h6H,3-5,8H2,1-2H3/t6-/m1/s1. The van der Waals surface area contributed by atoms with Crippen molar-refractivity contribution in [1.29, 1.82) is 0 Å². The lowest BCUT2D eigenvalue weighted by Gasteiger charge is -2.23. The number of nitrogens with two attached hydrogens (primary N) is 1. The molecule has 0 aliphatic carbocycles. The quantitative estimate of drug-likeness (QED) is 0.567. The summed E-state index contributed by atoms with van der Waals surface area (Å²) in [6.45, 7) is 5.96. The zero-order chi connectivity index (χ0) is 6.91. The van der Waals surface area contributed by atoms with E-state index in [4.69, 9.17) is 10.5 Å². The first-order valence-corrected chi connectivity index (χ1v) is 3.48. The second-order valence-corrected chi connectivity index (χ2v) is 3.33. The molecule has 0 bridgehead atoms. The van der Waals surface area contributed by atoms with E-state index in [0.717, 1.165) is 13.0 Å². The molecule has 1 saturated heterocycles. The van der Waals surface area contributed by atoms with Crippen LogP contribution in [0.3, 0.4) is 0 Å². The Balaban J connectivity index is 2.52. The van der Waals surface area contributed by atoms with Crippen molar-refractivity contribution >= 4 is 0 Å². The third-order valence-electron chi connectivity index (χ3n) is 2.15. The maximum absolute atomic E-state index is 5.48. The van der Waals surface area contributed by atoms with Crippen LogP contribution in [0.1, 0.15) is 20.3 Å². The van der Waals surface area contributed by atoms with E-state index in [1.54, 1.807) is 0 Å². The zero-order valence-electron chi connectivity index (χ0n) is 6.18. The molecule has 0 unspecified atom stereocenters. The molecule has 54 valence electrons. The van der Waals surface area contributed by atoms with Crippen molar-refractivity contribution in [1.82, 2.24) is 0 Å². The van der Waals surface area contributed by atoms with Gasteiger partial charge < -0.3 is 10.5 Å². The van der Waals surface area contributed by atoms with Crippen molar-refractivity contribution in [2.75, 3.05) is 13.2 Å². The largest absolute Gasteiger partial charge is 0.376 e. The summed E-state index contributed by atoms with van der Waals surface area (Å²) < 4.78 is 5.39. The van der Waals surface area contributed by atoms with Crippen LogP contribution in [0.25, 0.3) is 0 Å². The van der Waals surface area contributed by atoms with Gasteiger partial charge in [0.25, 0.3) is 0 Å². The summed E-state index contributed by atoms with van der Waals surface area (Å²) in [6.07, 6.45) is 1.44. The molecule has 2 nitrogen and oxygen atoms in total. The van der Waals surface area contributed by atoms with Gasteiger partial charge in [-0.05, 0) is 11.8 Å². The highest BCUT2D eigenvalue weighted by molar-refractivity contribution is 4.84. The lowest BCUT2D eigenvalue weighted by molar-refractivity contribution is 0.0713. The molecule has 1 heterocycles. The van der Waals surface area contributed by atoms with E-state index in [1.807, 2.05) is 0 Å². The summed E-state index contributed by atoms with van der Waals surface area (Å²) in [4.78, 5) is 0. The van der Waals surface area contributed by atoms with Crippen LogP contribution in [0, 0.1) is 5.41 Å². The van der Waals surface area contributed by atoms with Crippen LogP contribution in [0.15, 0.2) is 0 Å². The summed E-state index contributed by atoms with van der Waals surface area (Å²) in [7, 11) is 0. The highest BCUT2D eigenvalue weighted by Crippen LogP contribution is 2.32. The molecule has 0 aromatic rings. The number of hydrogen-bond acceptors (Lipinski definition) is 2. The molecule has 1 rings (SSSR count). The highest BCUT2D eigenvalue weighted by Gasteiger charge is 2.34. The Kier molecular flexibility index (Phi) is 1.78. The van der Waals surface area contributed by atoms with Crippen molar-refractivity contribution in [2.24, 2.45) is 11.1 Å². The van der Waals surface area contributed by atoms with E-state index in [0.29, 0.717) is 12.0 Å². The number of rotatable bonds is 1. The van der Waals surface area contributed by atoms with Crippen LogP contribution in [0.4, 0.5) is 0 Å². The SMILES string of the molecule is CC1(C)CCO[C@@H]1CN. The molecule has 1 aliphatic heterocycles. The molecule has 0 aromatic carbocycles. The van der Waals surface area contributed by atoms with Gasteiger partial charge in [-0.1, -0.05) is 13.8 Å². The van der Waals surface area contributed by atoms with Gasteiger partial charge in [-0.25, -0.2) is 0 Å². The summed E-state index contributed by atoms with van der Waals surface area (Å²) in [5.41, 5.74) is 5.80. The van der Waals surface area contributed by atoms with Crippen molar-refractivity contribution in [3.05, 3.63) is 0 Å². The van der Waals surface area contributed by atoms with Gasteiger partial charge in [0.1, 0.15) is 0 Å². The van der Waals surface area contributed by atoms with Gasteiger partial charge in [0.05, 0.1) is 6.10 Å². The van der Waals surface area contributed by atoms with E-state index in [1.165, 1.54) is 0 Å². The van der Waals surface area contributed by atoms with Gasteiger partial charge in [0.2, 0.25) is 0 Å². The van der Waals surface area contributed by atoms with E-state index >= 15 is 0 Å². The Morgan fingerprint density at radius 3 is 2.56 bits per heavy atom. The average Bonchev–Trinajstić information content (AvgIpc) is 2.08. The molecule has 9 heavy (non-hydrogen) atoms. The lowest BCUT2D eigenvalue weighted by Crippen LogP contribution is -2.31. The average molecular weight is 129 g/mol. The maximum Gasteiger partial charge on any atom is 0.0748 e. The van der Waals surface area contributed by atoms with Crippen LogP contribution in [0.2, 0.25) is 0 Å². The minimum Gasteiger partial charge on any atom is -0.376 e. The second-order valence-electron chi connectivity index (χ2n) is 3.33. The molecule has 0 spiro atoms. The normalized spacial score (nSPS) is 33.0. The first-order valence-electron chi connectivity index (χ1n) is 3.48. The molecule has 1 fully saturated rings. The van der Waals surface area contributed by atoms with Crippen LogP contribution < -0.4 is 5.73 Å². The Bertz CT molecular complexity index is 101. The number of hydrogen-bond donors (Lipinski definition) is 1. The smallest absolute Gasteiger partial charge is 0.0748 e. The fraction of sp³-hybridized carbons (Fsp3) is 1.00. The Morgan fingerprint density at radius 1 is 1.67 bits per heavy atom. The zero-order valence-corrected chi connectivity index (χ0v) is 6.18. The van der Waals surface area contributed by atoms with Gasteiger partial charge in [-0.2, -0.15) is 0 Å². The van der Waals surface area contributed by atoms with E-state index in [2.05, 4.69) is 13.8 Å². The Morgan fingerprint density at radius 2 is 2.33 bits per heavy atom. The third-order valence-corrected chi connectivity index (χ3v) is 2.15. The van der Waals surface area contributed by atoms with Crippen LogP contribution in [-0.4, -0.2) is 19.3 Å². The summed E-state index contributed by atoms with van der Waals surface area (Å²) in [6, 6.07) is 0. The van der Waals surface area contributed by atoms with E-state index in [9.17, 15) is 0 Å². The molecule has 0 aromatic heterocycles. The molecule has 0 radical (unpaired) electrons. The van der Waals surface area contributed by atoms with Gasteiger partial charge >= 0.3 is 0 Å². The second kappa shape index (κ2) is 2.27. The maximum atomic E-state index is 5.48. The summed E-state index contributed by atoms with van der Waals surface area (Å²) in [5.74, 6) is 0. The lowest BCUT2D eigenvalue weighted by atomic mass is 9.86. The monoisotopic (exact) mass is 129 g/mol. The predicted molar refractivity (Wildman–Crippen MR) is 37.2 cm³/mol. The minimum absolute atomic E-state index is 0.289. The minimum atomic E-state index is 0.289. The molecular weight excluding hydrogens is 114 g/mol. The topological polar surface area (TPSA) is 35.2 Å². The van der Waals surface area contributed by atoms with Gasteiger partial charge in [0, 0.05) is 13.2 Å². The predicted octanol–water partition coefficient (Wildman–Crippen LogP) is 0.760. The van der Waals surface area contributed by atoms with Gasteiger partial charge in [0.15, 0.2) is 0 Å². The molecule has 2 N–H and O–H groups in total. The summed E-state index contributed by atoms with van der Waals surface area (Å²) in [5, 5.41) is 0. The fourth-order valence-electron chi connectivity index (χ4n) is 1.24. The van der Waals surface area contributed by atoms with Crippen molar-refractivity contribution in [2.45, 2.75) is 26.4 Å². The highest BCUT2D eigenvalue weighted by atomic mass is 16.5. The van der Waals surface area contributed by atoms with E-state index in [-0.39, 0.29) is 6.10 Å². The number of ether oxygens (including phenoxy) is 1. The molecule has 0 amide bonds. The van der Waals surface area contributed by atoms with Crippen molar-refractivity contribution in [3.8, 4) is 0 Å². The molecule has 0 saturated carbocycles. The van der Waals surface area contributed by atoms with Crippen LogP contribution in [-0.2, 0) is 4.74 Å². The third kappa shape index (κ3) is 1.25. The first-order chi connectivity index (χ1) is 4.17. The van der Waals surface area contributed by atoms with Crippen LogP contribution in [0.5, 0.6) is 0 Å². The fourth-order valence-corrected chi connectivity index (χ4v) is 1.24. The first kappa shape index (κ1) is 7.03.